The van der Waals surface area contributed by atoms with Gasteiger partial charge in [0, 0.05) is 13.1 Å². The highest BCUT2D eigenvalue weighted by Gasteiger charge is 2.34. The predicted molar refractivity (Wildman–Crippen MR) is 59.2 cm³/mol. The lowest BCUT2D eigenvalue weighted by Gasteiger charge is -2.13. The Labute approximate surface area is 96.3 Å². The van der Waals surface area contributed by atoms with Gasteiger partial charge in [-0.25, -0.2) is 4.98 Å². The quantitative estimate of drug-likeness (QED) is 0.600. The minimum Gasteiger partial charge on any atom is -0.388 e. The molecule has 0 radical (unpaired) electrons. The molecular formula is C9H13N3O3S. The lowest BCUT2D eigenvalue weighted by atomic mass is 10.3. The second kappa shape index (κ2) is 4.00. The van der Waals surface area contributed by atoms with Crippen molar-refractivity contribution in [3.63, 3.8) is 0 Å². The number of thiazole rings is 1. The smallest absolute Gasteiger partial charge is 0.266 e. The number of aliphatic hydroxyl groups excluding tert-OH is 2. The molecule has 2 atom stereocenters. The molecule has 0 unspecified atom stereocenters. The number of carbonyl (C=O) groups is 1. The van der Waals surface area contributed by atoms with Gasteiger partial charge in [0.15, 0.2) is 5.13 Å². The SMILES string of the molecule is Cc1nc(N)sc1C(=O)N1C[C@@H](O)[C@@H](O)C1. The molecule has 0 bridgehead atoms. The molecule has 6 nitrogen and oxygen atoms in total. The number of rotatable bonds is 1. The Morgan fingerprint density at radius 2 is 2.06 bits per heavy atom. The van der Waals surface area contributed by atoms with Crippen molar-refractivity contribution in [1.82, 2.24) is 9.88 Å². The molecule has 1 aliphatic heterocycles. The molecule has 1 saturated heterocycles. The van der Waals surface area contributed by atoms with Crippen molar-refractivity contribution < 1.29 is 15.0 Å². The zero-order chi connectivity index (χ0) is 11.9. The first kappa shape index (κ1) is 11.3. The van der Waals surface area contributed by atoms with Gasteiger partial charge in [-0.05, 0) is 6.92 Å². The van der Waals surface area contributed by atoms with Crippen LogP contribution in [-0.4, -0.2) is 51.3 Å². The third kappa shape index (κ3) is 1.89. The van der Waals surface area contributed by atoms with Gasteiger partial charge in [0.2, 0.25) is 0 Å². The summed E-state index contributed by atoms with van der Waals surface area (Å²) in [6.45, 7) is 2.01. The number of amides is 1. The molecule has 0 aliphatic carbocycles. The molecule has 4 N–H and O–H groups in total. The van der Waals surface area contributed by atoms with Crippen LogP contribution in [0.15, 0.2) is 0 Å². The summed E-state index contributed by atoms with van der Waals surface area (Å²) < 4.78 is 0. The monoisotopic (exact) mass is 243 g/mol. The molecule has 0 spiro atoms. The van der Waals surface area contributed by atoms with E-state index in [-0.39, 0.29) is 19.0 Å². The van der Waals surface area contributed by atoms with E-state index in [4.69, 9.17) is 5.73 Å². The summed E-state index contributed by atoms with van der Waals surface area (Å²) in [5.41, 5.74) is 6.09. The molecule has 2 rings (SSSR count). The molecule has 0 aromatic carbocycles. The van der Waals surface area contributed by atoms with Crippen molar-refractivity contribution in [2.45, 2.75) is 19.1 Å². The van der Waals surface area contributed by atoms with Gasteiger partial charge in [-0.1, -0.05) is 11.3 Å². The number of hydrogen-bond donors (Lipinski definition) is 3. The molecule has 2 heterocycles. The van der Waals surface area contributed by atoms with Gasteiger partial charge in [-0.15, -0.1) is 0 Å². The number of aryl methyl sites for hydroxylation is 1. The normalized spacial score (nSPS) is 25.1. The third-order valence-corrected chi connectivity index (χ3v) is 3.53. The topological polar surface area (TPSA) is 99.7 Å². The molecule has 0 saturated carbocycles. The van der Waals surface area contributed by atoms with E-state index in [0.717, 1.165) is 11.3 Å². The van der Waals surface area contributed by atoms with E-state index in [0.29, 0.717) is 15.7 Å². The van der Waals surface area contributed by atoms with Crippen molar-refractivity contribution >= 4 is 22.4 Å². The van der Waals surface area contributed by atoms with Crippen LogP contribution in [0.4, 0.5) is 5.13 Å². The van der Waals surface area contributed by atoms with Crippen LogP contribution in [0.2, 0.25) is 0 Å². The number of hydrogen-bond acceptors (Lipinski definition) is 6. The average Bonchev–Trinajstić information content (AvgIpc) is 2.70. The summed E-state index contributed by atoms with van der Waals surface area (Å²) in [5, 5.41) is 19.1. The first-order valence-corrected chi connectivity index (χ1v) is 5.69. The number of nitrogens with zero attached hydrogens (tertiary/aromatic N) is 2. The van der Waals surface area contributed by atoms with Crippen LogP contribution >= 0.6 is 11.3 Å². The molecule has 16 heavy (non-hydrogen) atoms. The fourth-order valence-corrected chi connectivity index (χ4v) is 2.50. The Bertz CT molecular complexity index is 410. The Hall–Kier alpha value is -1.18. The van der Waals surface area contributed by atoms with Crippen LogP contribution in [0.1, 0.15) is 15.4 Å². The van der Waals surface area contributed by atoms with E-state index < -0.39 is 12.2 Å². The Balaban J connectivity index is 2.17. The Morgan fingerprint density at radius 3 is 2.50 bits per heavy atom. The standard InChI is InChI=1S/C9H13N3O3S/c1-4-7(16-9(10)11-4)8(15)12-2-5(13)6(14)3-12/h5-6,13-14H,2-3H2,1H3,(H2,10,11)/t5-,6+. The van der Waals surface area contributed by atoms with Crippen LogP contribution in [0, 0.1) is 6.92 Å². The van der Waals surface area contributed by atoms with Crippen molar-refractivity contribution in [3.8, 4) is 0 Å². The highest BCUT2D eigenvalue weighted by Crippen LogP contribution is 2.23. The summed E-state index contributed by atoms with van der Waals surface area (Å²) >= 11 is 1.12. The summed E-state index contributed by atoms with van der Waals surface area (Å²) in [5.74, 6) is -0.234. The second-order valence-corrected chi connectivity index (χ2v) is 4.84. The van der Waals surface area contributed by atoms with Gasteiger partial charge in [-0.3, -0.25) is 4.79 Å². The Morgan fingerprint density at radius 1 is 1.50 bits per heavy atom. The van der Waals surface area contributed by atoms with Crippen LogP contribution in [0.3, 0.4) is 0 Å². The van der Waals surface area contributed by atoms with Gasteiger partial charge >= 0.3 is 0 Å². The van der Waals surface area contributed by atoms with Crippen LogP contribution in [0.25, 0.3) is 0 Å². The molecule has 1 fully saturated rings. The predicted octanol–water partition coefficient (Wildman–Crippen LogP) is -0.789. The van der Waals surface area contributed by atoms with Crippen LogP contribution < -0.4 is 5.73 Å². The van der Waals surface area contributed by atoms with E-state index in [9.17, 15) is 15.0 Å². The number of β-amino-alcohol motifs (C(OH)–C–C–N with tert-alkyl or cyclic N) is 2. The first-order chi connectivity index (χ1) is 7.49. The van der Waals surface area contributed by atoms with E-state index in [2.05, 4.69) is 4.98 Å². The molecule has 88 valence electrons. The molecule has 1 amide bonds. The summed E-state index contributed by atoms with van der Waals surface area (Å²) in [4.78, 5) is 17.8. The zero-order valence-corrected chi connectivity index (χ0v) is 9.57. The summed E-state index contributed by atoms with van der Waals surface area (Å²) in [7, 11) is 0. The Kier molecular flexibility index (Phi) is 2.83. The number of nitrogen functional groups attached to an aromatic ring is 1. The van der Waals surface area contributed by atoms with E-state index in [1.807, 2.05) is 0 Å². The molecule has 1 aliphatic rings. The fraction of sp³-hybridized carbons (Fsp3) is 0.556. The number of aromatic nitrogens is 1. The van der Waals surface area contributed by atoms with Crippen molar-refractivity contribution in [2.24, 2.45) is 0 Å². The molecule has 1 aromatic rings. The maximum atomic E-state index is 12.0. The largest absolute Gasteiger partial charge is 0.388 e. The van der Waals surface area contributed by atoms with Gasteiger partial charge in [0.05, 0.1) is 17.9 Å². The average molecular weight is 243 g/mol. The first-order valence-electron chi connectivity index (χ1n) is 4.87. The van der Waals surface area contributed by atoms with Crippen molar-refractivity contribution in [2.75, 3.05) is 18.8 Å². The van der Waals surface area contributed by atoms with Crippen molar-refractivity contribution in [1.29, 1.82) is 0 Å². The van der Waals surface area contributed by atoms with Crippen LogP contribution in [-0.2, 0) is 0 Å². The molecular weight excluding hydrogens is 230 g/mol. The van der Waals surface area contributed by atoms with E-state index >= 15 is 0 Å². The van der Waals surface area contributed by atoms with Crippen LogP contribution in [0.5, 0.6) is 0 Å². The lowest BCUT2D eigenvalue weighted by molar-refractivity contribution is 0.0572. The summed E-state index contributed by atoms with van der Waals surface area (Å²) in [6.07, 6.45) is -1.73. The zero-order valence-electron chi connectivity index (χ0n) is 8.75. The van der Waals surface area contributed by atoms with Gasteiger partial charge in [0.25, 0.3) is 5.91 Å². The number of likely N-dealkylation sites (tertiary alicyclic amines) is 1. The maximum Gasteiger partial charge on any atom is 0.266 e. The number of carbonyl (C=O) groups excluding carboxylic acids is 1. The van der Waals surface area contributed by atoms with Crippen molar-refractivity contribution in [3.05, 3.63) is 10.6 Å². The van der Waals surface area contributed by atoms with Gasteiger partial charge < -0.3 is 20.8 Å². The van der Waals surface area contributed by atoms with E-state index in [1.165, 1.54) is 4.90 Å². The summed E-state index contributed by atoms with van der Waals surface area (Å²) in [6, 6.07) is 0. The number of anilines is 1. The molecule has 1 aromatic heterocycles. The van der Waals surface area contributed by atoms with Gasteiger partial charge in [-0.2, -0.15) is 0 Å². The molecule has 7 heteroatoms. The number of aliphatic hydroxyl groups is 2. The highest BCUT2D eigenvalue weighted by molar-refractivity contribution is 7.17. The maximum absolute atomic E-state index is 12.0. The fourth-order valence-electron chi connectivity index (χ4n) is 1.69. The lowest BCUT2D eigenvalue weighted by Crippen LogP contribution is -2.29. The third-order valence-electron chi connectivity index (χ3n) is 2.55. The minimum absolute atomic E-state index is 0.150. The minimum atomic E-state index is -0.866. The number of nitrogens with two attached hydrogens (primary N) is 1. The van der Waals surface area contributed by atoms with E-state index in [1.54, 1.807) is 6.92 Å². The van der Waals surface area contributed by atoms with Gasteiger partial charge in [0.1, 0.15) is 4.88 Å². The highest BCUT2D eigenvalue weighted by atomic mass is 32.1. The second-order valence-electron chi connectivity index (χ2n) is 3.81.